The number of aliphatic hydroxyl groups is 5. The van der Waals surface area contributed by atoms with Crippen LogP contribution in [-0.2, 0) is 31.9 Å². The standard InChI is InChI=1S/5C19H29NO3/c5*1-12(2)7-14-11-20-6-5-13-8-18(22-3)19(23-4)9-15(13)16(20)10-17(14)21/h5*8-9,12,14,16-17,21H,5-7,10-11H2,1-4H3/i1D3,4D3,5D2,6D2,7D2,8D,9D,10D2,11D2,12D,14D,17D;1D3,5D2,6D2,7D2,8D,9D,10D2,11D2,12D,14D,17D;4D3,5D2,6D2,8D,9D,10D2,11D2,14D,17D;4D3,5D2,6D2,8D,9D,11D2,16D;5D2,6D2,8D,9D,11D2,16D. The molecule has 5 aromatic carbocycles. The van der Waals surface area contributed by atoms with E-state index in [1.807, 2.05) is 13.8 Å². The number of fused-ring (bicyclic) bond motifs is 15. The highest BCUT2D eigenvalue weighted by Crippen LogP contribution is 2.50. The Hall–Kier alpha value is -6.30. The van der Waals surface area contributed by atoms with Crippen LogP contribution in [-0.4, -0.2) is 216 Å². The number of ether oxygens (including phenoxy) is 10. The monoisotopic (exact) mass is 1670 g/mol. The second-order valence-electron chi connectivity index (χ2n) is 27.6. The van der Waals surface area contributed by atoms with Crippen molar-refractivity contribution in [3.8, 4) is 57.5 Å². The van der Waals surface area contributed by atoms with Gasteiger partial charge in [-0.3, -0.25) is 24.5 Å². The minimum Gasteiger partial charge on any atom is -0.493 e. The SMILES string of the molecule is [2H]c1c(OC([2H])([2H])[2H])c(OC)c([2H])c2c1C1([2H])CC(O)C(CC(C)C)C([2H])([2H])N1C([2H])([2H])C2([2H])[2H].[2H]c1c(OC([2H])([2H])[2H])c(OC)c([2H])c2c1C1N(C([2H])([2H])C2([2H])[2H])C([2H])([2H])C([2H])(C([2H])([2H])C([2H])(C)C([2H])([2H])[2H])C([2H])(O)C1([2H])[2H].[2H]c1c(OC([2H])([2H])[2H])c(OC)c([2H])c2c1C1N(C([2H])([2H])C2([2H])[2H])C([2H])([2H])C([2H])(CC(C)C)C([2H])(O)C1([2H])[2H].[2H]c1c(OC)c(OC)c([2H])c2c1C1([2H])CC(O)C(CC(C)C)C([2H])([2H])N1C([2H])([2H])C2([2H])[2H].[2H]c1c(OC)c(OC)c([2H])c2c1C1N(C([2H])([2H])C2([2H])[2H])C([2H])([2H])C([2H])(C([2H])([2H])C([2H])(C)C([2H])([2H])[2H])C([2H])(O)C1([2H])[2H]. The lowest BCUT2D eigenvalue weighted by molar-refractivity contribution is -0.0192. The van der Waals surface area contributed by atoms with Crippen molar-refractivity contribution in [2.75, 3.05) is 136 Å². The average Bonchev–Trinajstić information content (AvgIpc) is 0.547. The van der Waals surface area contributed by atoms with E-state index in [1.165, 1.54) is 28.1 Å². The topological polar surface area (TPSA) is 210 Å². The van der Waals surface area contributed by atoms with Gasteiger partial charge in [0.15, 0.2) is 57.5 Å². The van der Waals surface area contributed by atoms with Crippen LogP contribution in [0.4, 0.5) is 0 Å². The summed E-state index contributed by atoms with van der Waals surface area (Å²) in [4.78, 5) is 0.268. The van der Waals surface area contributed by atoms with Crippen molar-refractivity contribution >= 4 is 0 Å². The lowest BCUT2D eigenvalue weighted by atomic mass is 9.79. The van der Waals surface area contributed by atoms with Crippen LogP contribution in [0, 0.1) is 59.1 Å². The molecule has 0 saturated carbocycles. The molecule has 17 unspecified atom stereocenters. The molecule has 0 aliphatic carbocycles. The Morgan fingerprint density at radius 3 is 0.922 bits per heavy atom. The molecule has 0 aromatic heterocycles. The maximum absolute atomic E-state index is 11.5. The lowest BCUT2D eigenvalue weighted by Crippen LogP contribution is -2.48. The lowest BCUT2D eigenvalue weighted by Gasteiger charge is -2.46. The van der Waals surface area contributed by atoms with Crippen molar-refractivity contribution in [1.29, 1.82) is 0 Å². The molecule has 10 heterocycles. The van der Waals surface area contributed by atoms with Gasteiger partial charge in [-0.05, 0) is 271 Å². The van der Waals surface area contributed by atoms with Crippen molar-refractivity contribution in [2.45, 2.75) is 226 Å². The van der Waals surface area contributed by atoms with Gasteiger partial charge in [-0.1, -0.05) is 69.1 Å². The van der Waals surface area contributed by atoms with Crippen molar-refractivity contribution in [3.05, 3.63) is 116 Å². The summed E-state index contributed by atoms with van der Waals surface area (Å²) in [5.74, 6) is -28.8. The van der Waals surface area contributed by atoms with E-state index < -0.39 is 458 Å². The van der Waals surface area contributed by atoms with Gasteiger partial charge in [0, 0.05) is 165 Å². The summed E-state index contributed by atoms with van der Waals surface area (Å²) < 4.78 is 685. The number of rotatable bonds is 20. The fraction of sp³-hybridized carbons (Fsp3) is 0.684. The van der Waals surface area contributed by atoms with Crippen LogP contribution in [0.3, 0.4) is 0 Å². The quantitative estimate of drug-likeness (QED) is 0.0491. The summed E-state index contributed by atoms with van der Waals surface area (Å²) in [6.07, 6.45) is -53.2. The molecule has 640 valence electrons. The van der Waals surface area contributed by atoms with E-state index in [4.69, 9.17) is 147 Å². The molecule has 5 fully saturated rings. The van der Waals surface area contributed by atoms with Gasteiger partial charge in [0.05, 0.1) is 134 Å². The molecule has 20 heteroatoms. The van der Waals surface area contributed by atoms with Gasteiger partial charge in [-0.25, -0.2) is 0 Å². The molecule has 0 spiro atoms. The van der Waals surface area contributed by atoms with Gasteiger partial charge in [0.25, 0.3) is 0 Å². The molecule has 10 aliphatic heterocycles. The maximum atomic E-state index is 11.5. The van der Waals surface area contributed by atoms with Crippen LogP contribution in [0.15, 0.2) is 60.4 Å². The smallest absolute Gasteiger partial charge is 0.161 e. The van der Waals surface area contributed by atoms with Gasteiger partial charge >= 0.3 is 0 Å². The van der Waals surface area contributed by atoms with Crippen LogP contribution in [0.1, 0.15) is 322 Å². The number of aliphatic hydroxyl groups excluding tert-OH is 2. The van der Waals surface area contributed by atoms with Crippen molar-refractivity contribution < 1.29 is 176 Å². The van der Waals surface area contributed by atoms with Gasteiger partial charge < -0.3 is 72.9 Å². The second-order valence-corrected chi connectivity index (χ2v) is 27.6. The first-order valence-corrected chi connectivity index (χ1v) is 35.8. The number of nitrogens with zero attached hydrogens (tertiary/aromatic N) is 5. The fourth-order valence-corrected chi connectivity index (χ4v) is 12.8. The highest BCUT2D eigenvalue weighted by atomic mass is 16.5. The summed E-state index contributed by atoms with van der Waals surface area (Å²) in [7, 11) is -2.36. The summed E-state index contributed by atoms with van der Waals surface area (Å²) in [5.41, 5.74) is -8.55. The van der Waals surface area contributed by atoms with E-state index in [-0.39, 0.29) is 46.0 Å². The zero-order valence-corrected chi connectivity index (χ0v) is 65.4. The Morgan fingerprint density at radius 2 is 0.635 bits per heavy atom. The molecule has 10 aliphatic rings. The van der Waals surface area contributed by atoms with Crippen molar-refractivity contribution in [2.24, 2.45) is 59.1 Å². The molecule has 115 heavy (non-hydrogen) atoms. The minimum absolute atomic E-state index is 0.0430. The molecule has 0 radical (unpaired) electrons. The summed E-state index contributed by atoms with van der Waals surface area (Å²) >= 11 is 0. The molecule has 20 nitrogen and oxygen atoms in total. The third-order valence-corrected chi connectivity index (χ3v) is 18.0. The Morgan fingerprint density at radius 1 is 0.374 bits per heavy atom. The van der Waals surface area contributed by atoms with Crippen molar-refractivity contribution in [3.63, 3.8) is 0 Å². The zero-order chi connectivity index (χ0) is 149. The molecule has 0 bridgehead atoms. The van der Waals surface area contributed by atoms with Gasteiger partial charge in [0.1, 0.15) is 0 Å². The van der Waals surface area contributed by atoms with E-state index in [2.05, 4.69) is 0 Å². The van der Waals surface area contributed by atoms with Crippen molar-refractivity contribution in [1.82, 2.24) is 24.5 Å². The molecule has 5 N–H and O–H groups in total. The largest absolute Gasteiger partial charge is 0.493 e. The van der Waals surface area contributed by atoms with Crippen LogP contribution in [0.5, 0.6) is 57.5 Å². The molecule has 15 rings (SSSR count). The predicted octanol–water partition coefficient (Wildman–Crippen LogP) is 15.1. The summed E-state index contributed by atoms with van der Waals surface area (Å²) in [6.45, 7) is -31.2. The number of benzene rings is 5. The highest BCUT2D eigenvalue weighted by Gasteiger charge is 2.45. The van der Waals surface area contributed by atoms with Crippen LogP contribution in [0.2, 0.25) is 0 Å². The Labute approximate surface area is 795 Å². The number of methoxy groups -OCH3 is 10. The van der Waals surface area contributed by atoms with Gasteiger partial charge in [-0.2, -0.15) is 0 Å². The Kier molecular flexibility index (Phi) is 11.9. The molecule has 0 amide bonds. The first kappa shape index (κ1) is 33.6. The van der Waals surface area contributed by atoms with Crippen LogP contribution < -0.4 is 47.4 Å². The van der Waals surface area contributed by atoms with E-state index in [1.54, 1.807) is 13.8 Å². The van der Waals surface area contributed by atoms with Crippen LogP contribution >= 0.6 is 0 Å². The molecular formula is C95H145N5O15. The summed E-state index contributed by atoms with van der Waals surface area (Å²) in [6, 6.07) is -22.1. The predicted molar refractivity (Wildman–Crippen MR) is 456 cm³/mol. The molecule has 5 saturated heterocycles. The minimum atomic E-state index is -4.48. The molecule has 17 atom stereocenters. The second kappa shape index (κ2) is 40.6. The van der Waals surface area contributed by atoms with E-state index in [0.29, 0.717) is 23.6 Å². The molecule has 5 aromatic rings. The van der Waals surface area contributed by atoms with E-state index in [0.717, 1.165) is 35.5 Å². The Bertz CT molecular complexity index is 7710. The van der Waals surface area contributed by atoms with Gasteiger partial charge in [0.2, 0.25) is 0 Å². The fourth-order valence-electron chi connectivity index (χ4n) is 12.8. The first-order chi connectivity index (χ1) is 84.0. The van der Waals surface area contributed by atoms with E-state index >= 15 is 0 Å². The third-order valence-electron chi connectivity index (χ3n) is 18.0. The van der Waals surface area contributed by atoms with Crippen LogP contribution in [0.25, 0.3) is 0 Å². The average molecular weight is 1670 g/mol. The maximum Gasteiger partial charge on any atom is 0.161 e. The summed E-state index contributed by atoms with van der Waals surface area (Å²) in [5, 5.41) is 56.0. The normalized spacial score (nSPS) is 51.9. The third kappa shape index (κ3) is 21.1. The number of hydrogen-bond acceptors (Lipinski definition) is 20. The Balaban J connectivity index is 0.000000220. The zero-order valence-electron chi connectivity index (χ0n) is 140. The highest BCUT2D eigenvalue weighted by molar-refractivity contribution is 5.54. The number of hydrogen-bond donors (Lipinski definition) is 5. The number of piperidine rings is 5. The molecular weight excluding hydrogens is 1450 g/mol. The first-order valence-electron chi connectivity index (χ1n) is 73.3. The van der Waals surface area contributed by atoms with E-state index in [9.17, 15) is 28.3 Å². The van der Waals surface area contributed by atoms with Gasteiger partial charge in [-0.15, -0.1) is 0 Å².